The Balaban J connectivity index is 1.79. The number of ether oxygens (including phenoxy) is 1. The zero-order valence-corrected chi connectivity index (χ0v) is 14.7. The minimum atomic E-state index is -4.74. The SMILES string of the molecule is CCCSc1ccc2nc(C(O)c3ccc(OC(F)(F)F)cc3)[nH]c2c1. The van der Waals surface area contributed by atoms with Gasteiger partial charge >= 0.3 is 6.36 Å². The molecular weight excluding hydrogens is 365 g/mol. The van der Waals surface area contributed by atoms with Crippen molar-refractivity contribution in [3.8, 4) is 5.75 Å². The molecule has 0 aliphatic carbocycles. The van der Waals surface area contributed by atoms with Crippen molar-refractivity contribution in [2.45, 2.75) is 30.7 Å². The maximum atomic E-state index is 12.2. The number of nitrogens with zero attached hydrogens (tertiary/aromatic N) is 1. The van der Waals surface area contributed by atoms with Crippen molar-refractivity contribution in [2.24, 2.45) is 0 Å². The van der Waals surface area contributed by atoms with Gasteiger partial charge in [-0.25, -0.2) is 4.98 Å². The number of nitrogens with one attached hydrogen (secondary N) is 1. The van der Waals surface area contributed by atoms with Crippen molar-refractivity contribution in [2.75, 3.05) is 5.75 Å². The van der Waals surface area contributed by atoms with Crippen molar-refractivity contribution in [3.05, 3.63) is 53.9 Å². The molecule has 2 N–H and O–H groups in total. The maximum Gasteiger partial charge on any atom is 0.573 e. The second-order valence-electron chi connectivity index (χ2n) is 5.67. The Labute approximate surface area is 152 Å². The van der Waals surface area contributed by atoms with Crippen LogP contribution in [0.4, 0.5) is 13.2 Å². The van der Waals surface area contributed by atoms with Crippen LogP contribution in [0, 0.1) is 0 Å². The van der Waals surface area contributed by atoms with Gasteiger partial charge in [0.2, 0.25) is 0 Å². The summed E-state index contributed by atoms with van der Waals surface area (Å²) in [6.07, 6.45) is -4.75. The number of fused-ring (bicyclic) bond motifs is 1. The maximum absolute atomic E-state index is 12.2. The van der Waals surface area contributed by atoms with Crippen molar-refractivity contribution in [1.82, 2.24) is 9.97 Å². The Bertz CT molecular complexity index is 878. The highest BCUT2D eigenvalue weighted by Crippen LogP contribution is 2.28. The zero-order chi connectivity index (χ0) is 18.7. The molecule has 138 valence electrons. The Morgan fingerprint density at radius 2 is 1.92 bits per heavy atom. The molecule has 0 saturated heterocycles. The third-order valence-corrected chi connectivity index (χ3v) is 4.83. The van der Waals surface area contributed by atoms with E-state index in [0.717, 1.165) is 40.2 Å². The van der Waals surface area contributed by atoms with Crippen LogP contribution in [-0.4, -0.2) is 27.2 Å². The molecule has 0 radical (unpaired) electrons. The molecule has 4 nitrogen and oxygen atoms in total. The summed E-state index contributed by atoms with van der Waals surface area (Å²) in [6.45, 7) is 2.11. The van der Waals surface area contributed by atoms with Crippen LogP contribution in [0.25, 0.3) is 11.0 Å². The van der Waals surface area contributed by atoms with E-state index < -0.39 is 12.5 Å². The Morgan fingerprint density at radius 3 is 2.58 bits per heavy atom. The average Bonchev–Trinajstić information content (AvgIpc) is 3.02. The quantitative estimate of drug-likeness (QED) is 0.586. The summed E-state index contributed by atoms with van der Waals surface area (Å²) in [6, 6.07) is 10.9. The summed E-state index contributed by atoms with van der Waals surface area (Å²) < 4.78 is 40.4. The van der Waals surface area contributed by atoms with Crippen molar-refractivity contribution in [3.63, 3.8) is 0 Å². The largest absolute Gasteiger partial charge is 0.573 e. The fourth-order valence-electron chi connectivity index (χ4n) is 2.46. The molecule has 3 rings (SSSR count). The summed E-state index contributed by atoms with van der Waals surface area (Å²) in [7, 11) is 0. The number of aromatic amines is 1. The Kier molecular flexibility index (Phi) is 5.43. The van der Waals surface area contributed by atoms with Gasteiger partial charge in [-0.15, -0.1) is 24.9 Å². The first-order valence-electron chi connectivity index (χ1n) is 8.02. The van der Waals surface area contributed by atoms with Crippen LogP contribution in [0.15, 0.2) is 47.4 Å². The zero-order valence-electron chi connectivity index (χ0n) is 13.9. The molecule has 1 unspecified atom stereocenters. The second kappa shape index (κ2) is 7.59. The number of rotatable bonds is 6. The van der Waals surface area contributed by atoms with Gasteiger partial charge in [0.15, 0.2) is 0 Å². The molecule has 2 aromatic carbocycles. The predicted octanol–water partition coefficient (Wildman–Crippen LogP) is 5.05. The van der Waals surface area contributed by atoms with Gasteiger partial charge in [-0.2, -0.15) is 0 Å². The normalized spacial score (nSPS) is 13.1. The van der Waals surface area contributed by atoms with Crippen molar-refractivity contribution in [1.29, 1.82) is 0 Å². The van der Waals surface area contributed by atoms with Crippen LogP contribution < -0.4 is 4.74 Å². The number of thioether (sulfide) groups is 1. The molecule has 0 amide bonds. The molecule has 3 aromatic rings. The molecule has 0 aliphatic rings. The van der Waals surface area contributed by atoms with Crippen LogP contribution in [0.2, 0.25) is 0 Å². The lowest BCUT2D eigenvalue weighted by atomic mass is 10.1. The number of alkyl halides is 3. The van der Waals surface area contributed by atoms with Crippen molar-refractivity contribution >= 4 is 22.8 Å². The van der Waals surface area contributed by atoms with Gasteiger partial charge in [0.05, 0.1) is 11.0 Å². The number of hydrogen-bond donors (Lipinski definition) is 2. The van der Waals surface area contributed by atoms with E-state index in [1.54, 1.807) is 11.8 Å². The number of aromatic nitrogens is 2. The summed E-state index contributed by atoms with van der Waals surface area (Å²) in [5, 5.41) is 10.5. The number of benzene rings is 2. The molecule has 1 atom stereocenters. The topological polar surface area (TPSA) is 58.1 Å². The van der Waals surface area contributed by atoms with Crippen LogP contribution in [0.5, 0.6) is 5.75 Å². The van der Waals surface area contributed by atoms with Gasteiger partial charge in [0.25, 0.3) is 0 Å². The minimum Gasteiger partial charge on any atom is -0.406 e. The van der Waals surface area contributed by atoms with E-state index in [1.807, 2.05) is 18.2 Å². The van der Waals surface area contributed by atoms with Crippen molar-refractivity contribution < 1.29 is 23.0 Å². The van der Waals surface area contributed by atoms with Gasteiger partial charge in [0.1, 0.15) is 17.7 Å². The highest BCUT2D eigenvalue weighted by Gasteiger charge is 2.31. The first kappa shape index (κ1) is 18.6. The standard InChI is InChI=1S/C18H17F3N2O2S/c1-2-9-26-13-7-8-14-15(10-13)23-17(22-14)16(24)11-3-5-12(6-4-11)25-18(19,20)21/h3-8,10,16,24H,2,9H2,1H3,(H,22,23). The molecule has 8 heteroatoms. The van der Waals surface area contributed by atoms with Crippen LogP contribution in [0.3, 0.4) is 0 Å². The number of halogens is 3. The number of hydrogen-bond acceptors (Lipinski definition) is 4. The number of imidazole rings is 1. The summed E-state index contributed by atoms with van der Waals surface area (Å²) in [5.74, 6) is 1.01. The molecule has 0 aliphatic heterocycles. The van der Waals surface area contributed by atoms with E-state index in [2.05, 4.69) is 21.6 Å². The fourth-order valence-corrected chi connectivity index (χ4v) is 3.26. The van der Waals surface area contributed by atoms with E-state index in [0.29, 0.717) is 11.4 Å². The van der Waals surface area contributed by atoms with E-state index >= 15 is 0 Å². The van der Waals surface area contributed by atoms with Crippen LogP contribution in [-0.2, 0) is 0 Å². The van der Waals surface area contributed by atoms with Gasteiger partial charge in [0, 0.05) is 4.90 Å². The van der Waals surface area contributed by atoms with Gasteiger partial charge in [-0.3, -0.25) is 0 Å². The van der Waals surface area contributed by atoms with E-state index in [-0.39, 0.29) is 5.75 Å². The summed E-state index contributed by atoms with van der Waals surface area (Å²) in [5.41, 5.74) is 1.94. The minimum absolute atomic E-state index is 0.335. The summed E-state index contributed by atoms with van der Waals surface area (Å²) >= 11 is 1.74. The van der Waals surface area contributed by atoms with Crippen LogP contribution in [0.1, 0.15) is 30.8 Å². The molecule has 1 heterocycles. The number of H-pyrrole nitrogens is 1. The van der Waals surface area contributed by atoms with Crippen LogP contribution >= 0.6 is 11.8 Å². The highest BCUT2D eigenvalue weighted by atomic mass is 32.2. The summed E-state index contributed by atoms with van der Waals surface area (Å²) in [4.78, 5) is 8.55. The molecule has 1 aromatic heterocycles. The first-order chi connectivity index (χ1) is 12.4. The first-order valence-corrected chi connectivity index (χ1v) is 9.00. The average molecular weight is 382 g/mol. The third-order valence-electron chi connectivity index (χ3n) is 3.63. The lowest BCUT2D eigenvalue weighted by molar-refractivity contribution is -0.274. The number of aliphatic hydroxyl groups is 1. The smallest absolute Gasteiger partial charge is 0.406 e. The molecule has 0 bridgehead atoms. The van der Waals surface area contributed by atoms with Gasteiger partial charge in [-0.1, -0.05) is 19.1 Å². The fraction of sp³-hybridized carbons (Fsp3) is 0.278. The molecule has 0 saturated carbocycles. The molecular formula is C18H17F3N2O2S. The molecule has 26 heavy (non-hydrogen) atoms. The molecule has 0 spiro atoms. The van der Waals surface area contributed by atoms with Gasteiger partial charge in [-0.05, 0) is 48.1 Å². The lowest BCUT2D eigenvalue weighted by Crippen LogP contribution is -2.17. The second-order valence-corrected chi connectivity index (χ2v) is 6.84. The monoisotopic (exact) mass is 382 g/mol. The lowest BCUT2D eigenvalue weighted by Gasteiger charge is -2.11. The highest BCUT2D eigenvalue weighted by molar-refractivity contribution is 7.99. The Hall–Kier alpha value is -2.19. The predicted molar refractivity (Wildman–Crippen MR) is 94.3 cm³/mol. The van der Waals surface area contributed by atoms with E-state index in [1.165, 1.54) is 12.1 Å². The third kappa shape index (κ3) is 4.50. The van der Waals surface area contributed by atoms with E-state index in [9.17, 15) is 18.3 Å². The Morgan fingerprint density at radius 1 is 1.19 bits per heavy atom. The van der Waals surface area contributed by atoms with E-state index in [4.69, 9.17) is 0 Å². The molecule has 0 fully saturated rings. The number of aliphatic hydroxyl groups excluding tert-OH is 1. The van der Waals surface area contributed by atoms with Gasteiger partial charge < -0.3 is 14.8 Å².